The summed E-state index contributed by atoms with van der Waals surface area (Å²) >= 11 is 0. The first-order valence-electron chi connectivity index (χ1n) is 8.82. The first-order valence-corrected chi connectivity index (χ1v) is 8.82. The van der Waals surface area contributed by atoms with E-state index in [-0.39, 0.29) is 30.6 Å². The molecule has 0 saturated carbocycles. The van der Waals surface area contributed by atoms with Crippen LogP contribution in [-0.4, -0.2) is 39.0 Å². The molecule has 132 valence electrons. The zero-order valence-electron chi connectivity index (χ0n) is 15.1. The summed E-state index contributed by atoms with van der Waals surface area (Å²) in [7, 11) is 1.78. The molecular weight excluding hydrogens is 314 g/mol. The third-order valence-electron chi connectivity index (χ3n) is 5.04. The number of aromatic nitrogens is 2. The molecule has 1 aromatic heterocycles. The van der Waals surface area contributed by atoms with Crippen LogP contribution in [0, 0.1) is 6.92 Å². The maximum Gasteiger partial charge on any atom is 0.223 e. The minimum atomic E-state index is -0.0246. The van der Waals surface area contributed by atoms with Crippen LogP contribution in [0.3, 0.4) is 0 Å². The lowest BCUT2D eigenvalue weighted by Crippen LogP contribution is -2.34. The maximum atomic E-state index is 12.6. The van der Waals surface area contributed by atoms with Crippen LogP contribution in [0.5, 0.6) is 0 Å². The highest BCUT2D eigenvalue weighted by molar-refractivity contribution is 5.97. The van der Waals surface area contributed by atoms with E-state index in [9.17, 15) is 9.59 Å². The molecule has 1 saturated heterocycles. The van der Waals surface area contributed by atoms with Crippen LogP contribution in [0.2, 0.25) is 0 Å². The second-order valence-electron chi connectivity index (χ2n) is 7.06. The van der Waals surface area contributed by atoms with Gasteiger partial charge in [0.1, 0.15) is 0 Å². The SMILES string of the molecule is Cc1ccc(C2CC(C)N(C(=O)CCC(=O)c3cnn(C)c3)C2)cc1. The normalized spacial score (nSPS) is 20.0. The monoisotopic (exact) mass is 339 g/mol. The highest BCUT2D eigenvalue weighted by Gasteiger charge is 2.33. The van der Waals surface area contributed by atoms with E-state index in [1.807, 2.05) is 4.90 Å². The van der Waals surface area contributed by atoms with Gasteiger partial charge in [-0.25, -0.2) is 0 Å². The predicted molar refractivity (Wildman–Crippen MR) is 96.5 cm³/mol. The number of hydrogen-bond acceptors (Lipinski definition) is 3. The Kier molecular flexibility index (Phi) is 5.02. The molecule has 1 fully saturated rings. The average Bonchev–Trinajstić information content (AvgIpc) is 3.19. The molecule has 0 N–H and O–H groups in total. The number of rotatable bonds is 5. The van der Waals surface area contributed by atoms with Gasteiger partial charge in [-0.15, -0.1) is 0 Å². The number of Topliss-reactive ketones (excluding diaryl/α,β-unsaturated/α-hetero) is 1. The minimum absolute atomic E-state index is 0.0246. The standard InChI is InChI=1S/C20H25N3O2/c1-14-4-6-16(7-5-14)17-10-15(2)23(13-17)20(25)9-8-19(24)18-11-21-22(3)12-18/h4-7,11-12,15,17H,8-10,13H2,1-3H3. The van der Waals surface area contributed by atoms with Crippen molar-refractivity contribution >= 4 is 11.7 Å². The summed E-state index contributed by atoms with van der Waals surface area (Å²) in [5.74, 6) is 0.427. The Labute approximate surface area is 148 Å². The molecule has 25 heavy (non-hydrogen) atoms. The van der Waals surface area contributed by atoms with Gasteiger partial charge in [0.2, 0.25) is 5.91 Å². The second kappa shape index (κ2) is 7.21. The molecule has 3 rings (SSSR count). The first-order chi connectivity index (χ1) is 11.9. The lowest BCUT2D eigenvalue weighted by Gasteiger charge is -2.21. The van der Waals surface area contributed by atoms with Gasteiger partial charge in [0.15, 0.2) is 5.78 Å². The number of ketones is 1. The number of nitrogens with zero attached hydrogens (tertiary/aromatic N) is 3. The molecule has 2 aromatic rings. The van der Waals surface area contributed by atoms with Crippen molar-refractivity contribution in [3.05, 3.63) is 53.3 Å². The molecule has 1 aliphatic rings. The number of amides is 1. The van der Waals surface area contributed by atoms with E-state index < -0.39 is 0 Å². The number of aryl methyl sites for hydroxylation is 2. The fourth-order valence-electron chi connectivity index (χ4n) is 3.53. The van der Waals surface area contributed by atoms with Gasteiger partial charge >= 0.3 is 0 Å². The van der Waals surface area contributed by atoms with Crippen LogP contribution in [0.25, 0.3) is 0 Å². The van der Waals surface area contributed by atoms with Crippen LogP contribution < -0.4 is 0 Å². The van der Waals surface area contributed by atoms with Gasteiger partial charge < -0.3 is 4.90 Å². The molecule has 2 unspecified atom stereocenters. The van der Waals surface area contributed by atoms with Gasteiger partial charge in [0, 0.05) is 44.6 Å². The van der Waals surface area contributed by atoms with E-state index in [1.54, 1.807) is 24.1 Å². The second-order valence-corrected chi connectivity index (χ2v) is 7.06. The van der Waals surface area contributed by atoms with Crippen molar-refractivity contribution in [2.45, 2.75) is 45.1 Å². The Bertz CT molecular complexity index is 764. The topological polar surface area (TPSA) is 55.2 Å². The van der Waals surface area contributed by atoms with Crippen molar-refractivity contribution in [1.82, 2.24) is 14.7 Å². The average molecular weight is 339 g/mol. The minimum Gasteiger partial charge on any atom is -0.339 e. The highest BCUT2D eigenvalue weighted by Crippen LogP contribution is 2.32. The summed E-state index contributed by atoms with van der Waals surface area (Å²) < 4.78 is 1.60. The molecule has 1 aliphatic heterocycles. The van der Waals surface area contributed by atoms with Crippen molar-refractivity contribution in [3.63, 3.8) is 0 Å². The summed E-state index contributed by atoms with van der Waals surface area (Å²) in [6, 6.07) is 8.78. The summed E-state index contributed by atoms with van der Waals surface area (Å²) in [5.41, 5.74) is 3.11. The van der Waals surface area contributed by atoms with Crippen LogP contribution in [0.15, 0.2) is 36.7 Å². The molecular formula is C20H25N3O2. The van der Waals surface area contributed by atoms with Gasteiger partial charge in [-0.1, -0.05) is 29.8 Å². The first kappa shape index (κ1) is 17.4. The molecule has 5 heteroatoms. The molecule has 0 aliphatic carbocycles. The summed E-state index contributed by atoms with van der Waals surface area (Å²) in [6.07, 6.45) is 4.73. The quantitative estimate of drug-likeness (QED) is 0.787. The van der Waals surface area contributed by atoms with Crippen LogP contribution in [0.4, 0.5) is 0 Å². The third kappa shape index (κ3) is 3.98. The predicted octanol–water partition coefficient (Wildman–Crippen LogP) is 3.10. The summed E-state index contributed by atoms with van der Waals surface area (Å²) in [6.45, 7) is 4.91. The Morgan fingerprint density at radius 3 is 2.56 bits per heavy atom. The summed E-state index contributed by atoms with van der Waals surface area (Å²) in [5, 5.41) is 4.00. The Balaban J connectivity index is 1.57. The van der Waals surface area contributed by atoms with E-state index in [4.69, 9.17) is 0 Å². The van der Waals surface area contributed by atoms with Crippen LogP contribution in [-0.2, 0) is 11.8 Å². The largest absolute Gasteiger partial charge is 0.339 e. The molecule has 0 radical (unpaired) electrons. The zero-order chi connectivity index (χ0) is 18.0. The van der Waals surface area contributed by atoms with E-state index in [1.165, 1.54) is 11.1 Å². The van der Waals surface area contributed by atoms with E-state index in [0.717, 1.165) is 13.0 Å². The Hall–Kier alpha value is -2.43. The fraction of sp³-hybridized carbons (Fsp3) is 0.450. The van der Waals surface area contributed by atoms with Gasteiger partial charge in [-0.05, 0) is 25.8 Å². The number of benzene rings is 1. The van der Waals surface area contributed by atoms with Crippen molar-refractivity contribution in [3.8, 4) is 0 Å². The lowest BCUT2D eigenvalue weighted by molar-refractivity contribution is -0.131. The van der Waals surface area contributed by atoms with E-state index >= 15 is 0 Å². The number of carbonyl (C=O) groups excluding carboxylic acids is 2. The maximum absolute atomic E-state index is 12.6. The Morgan fingerprint density at radius 2 is 1.92 bits per heavy atom. The van der Waals surface area contributed by atoms with Crippen molar-refractivity contribution in [1.29, 1.82) is 0 Å². The van der Waals surface area contributed by atoms with Crippen molar-refractivity contribution in [2.75, 3.05) is 6.54 Å². The molecule has 2 atom stereocenters. The number of hydrogen-bond donors (Lipinski definition) is 0. The molecule has 0 spiro atoms. The van der Waals surface area contributed by atoms with Crippen molar-refractivity contribution in [2.24, 2.45) is 7.05 Å². The van der Waals surface area contributed by atoms with Crippen molar-refractivity contribution < 1.29 is 9.59 Å². The molecule has 1 aromatic carbocycles. The summed E-state index contributed by atoms with van der Waals surface area (Å²) in [4.78, 5) is 26.7. The number of likely N-dealkylation sites (tertiary alicyclic amines) is 1. The fourth-order valence-corrected chi connectivity index (χ4v) is 3.53. The third-order valence-corrected chi connectivity index (χ3v) is 5.04. The van der Waals surface area contributed by atoms with Gasteiger partial charge in [0.25, 0.3) is 0 Å². The molecule has 2 heterocycles. The highest BCUT2D eigenvalue weighted by atomic mass is 16.2. The molecule has 0 bridgehead atoms. The van der Waals surface area contributed by atoms with Gasteiger partial charge in [-0.3, -0.25) is 14.3 Å². The molecule has 5 nitrogen and oxygen atoms in total. The van der Waals surface area contributed by atoms with E-state index in [2.05, 4.69) is 43.2 Å². The van der Waals surface area contributed by atoms with Crippen LogP contribution >= 0.6 is 0 Å². The Morgan fingerprint density at radius 1 is 1.20 bits per heavy atom. The van der Waals surface area contributed by atoms with E-state index in [0.29, 0.717) is 11.5 Å². The van der Waals surface area contributed by atoms with Gasteiger partial charge in [-0.2, -0.15) is 5.10 Å². The van der Waals surface area contributed by atoms with Crippen LogP contribution in [0.1, 0.15) is 53.6 Å². The molecule has 1 amide bonds. The smallest absolute Gasteiger partial charge is 0.223 e. The number of carbonyl (C=O) groups is 2. The lowest BCUT2D eigenvalue weighted by atomic mass is 9.96. The zero-order valence-corrected chi connectivity index (χ0v) is 15.1. The van der Waals surface area contributed by atoms with Gasteiger partial charge in [0.05, 0.1) is 11.8 Å².